The van der Waals surface area contributed by atoms with Crippen molar-refractivity contribution in [3.05, 3.63) is 46.3 Å². The van der Waals surface area contributed by atoms with Gasteiger partial charge in [-0.3, -0.25) is 10.1 Å². The minimum atomic E-state index is -0.542. The van der Waals surface area contributed by atoms with Crippen molar-refractivity contribution < 1.29 is 14.5 Å². The number of nitrogens with one attached hydrogen (secondary N) is 2. The van der Waals surface area contributed by atoms with E-state index in [0.717, 1.165) is 0 Å². The van der Waals surface area contributed by atoms with Gasteiger partial charge in [0.25, 0.3) is 0 Å². The number of methoxy groups -OCH3 is 1. The van der Waals surface area contributed by atoms with Crippen molar-refractivity contribution in [1.29, 1.82) is 0 Å². The largest absolute Gasteiger partial charge is 0.465 e. The van der Waals surface area contributed by atoms with Crippen molar-refractivity contribution in [2.24, 2.45) is 0 Å². The zero-order chi connectivity index (χ0) is 18.6. The number of ether oxygens (including phenoxy) is 1. The molecule has 0 saturated carbocycles. The lowest BCUT2D eigenvalue weighted by Crippen LogP contribution is -2.27. The van der Waals surface area contributed by atoms with Gasteiger partial charge in [-0.25, -0.2) is 14.8 Å². The van der Waals surface area contributed by atoms with Gasteiger partial charge in [-0.2, -0.15) is 0 Å². The van der Waals surface area contributed by atoms with Crippen LogP contribution in [0.1, 0.15) is 31.1 Å². The first-order valence-corrected chi connectivity index (χ1v) is 7.44. The second-order valence-corrected chi connectivity index (χ2v) is 6.25. The van der Waals surface area contributed by atoms with Crippen LogP contribution in [0.3, 0.4) is 0 Å². The Bertz CT molecular complexity index is 784. The van der Waals surface area contributed by atoms with E-state index in [1.54, 1.807) is 24.3 Å². The number of carbonyl (C=O) groups is 1. The fraction of sp³-hybridized carbons (Fsp3) is 0.312. The van der Waals surface area contributed by atoms with Crippen LogP contribution in [0.25, 0.3) is 0 Å². The minimum Gasteiger partial charge on any atom is -0.465 e. The molecule has 0 fully saturated rings. The number of hydrogen-bond acceptors (Lipinski definition) is 8. The number of carbonyl (C=O) groups excluding carboxylic acids is 1. The summed E-state index contributed by atoms with van der Waals surface area (Å²) in [7, 11) is 1.29. The molecule has 2 aromatic rings. The molecule has 9 heteroatoms. The standard InChI is InChI=1S/C16H19N5O4/c1-16(2,3)20-14-12(21(23)24)13(17-9-18-14)19-11-7-5-10(6-8-11)15(22)25-4/h5-9H,1-4H3,(H2,17,18,19,20). The summed E-state index contributed by atoms with van der Waals surface area (Å²) < 4.78 is 4.63. The highest BCUT2D eigenvalue weighted by Crippen LogP contribution is 2.32. The Morgan fingerprint density at radius 1 is 1.16 bits per heavy atom. The molecule has 9 nitrogen and oxygen atoms in total. The number of aromatic nitrogens is 2. The molecule has 0 atom stereocenters. The number of benzene rings is 1. The smallest absolute Gasteiger partial charge is 0.353 e. The predicted octanol–water partition coefficient (Wildman–Crippen LogP) is 3.13. The van der Waals surface area contributed by atoms with Gasteiger partial charge in [-0.15, -0.1) is 0 Å². The fourth-order valence-corrected chi connectivity index (χ4v) is 2.03. The molecular weight excluding hydrogens is 326 g/mol. The first-order valence-electron chi connectivity index (χ1n) is 7.44. The first kappa shape index (κ1) is 18.1. The van der Waals surface area contributed by atoms with Crippen molar-refractivity contribution in [2.75, 3.05) is 17.7 Å². The second kappa shape index (κ2) is 7.12. The van der Waals surface area contributed by atoms with Gasteiger partial charge < -0.3 is 15.4 Å². The Kier molecular flexibility index (Phi) is 5.16. The molecule has 0 radical (unpaired) electrons. The van der Waals surface area contributed by atoms with Crippen LogP contribution in [0.2, 0.25) is 0 Å². The lowest BCUT2D eigenvalue weighted by molar-refractivity contribution is -0.383. The third kappa shape index (κ3) is 4.63. The summed E-state index contributed by atoms with van der Waals surface area (Å²) >= 11 is 0. The summed E-state index contributed by atoms with van der Waals surface area (Å²) in [4.78, 5) is 30.3. The van der Waals surface area contributed by atoms with Crippen molar-refractivity contribution in [1.82, 2.24) is 9.97 Å². The molecule has 25 heavy (non-hydrogen) atoms. The van der Waals surface area contributed by atoms with E-state index in [1.165, 1.54) is 13.4 Å². The van der Waals surface area contributed by atoms with Crippen LogP contribution in [-0.4, -0.2) is 33.5 Å². The molecule has 1 aromatic heterocycles. The van der Waals surface area contributed by atoms with E-state index in [1.807, 2.05) is 20.8 Å². The van der Waals surface area contributed by atoms with E-state index in [-0.39, 0.29) is 17.3 Å². The zero-order valence-electron chi connectivity index (χ0n) is 14.4. The molecule has 0 unspecified atom stereocenters. The molecule has 0 spiro atoms. The second-order valence-electron chi connectivity index (χ2n) is 6.25. The topological polar surface area (TPSA) is 119 Å². The van der Waals surface area contributed by atoms with Gasteiger partial charge >= 0.3 is 11.7 Å². The molecule has 132 valence electrons. The average molecular weight is 345 g/mol. The lowest BCUT2D eigenvalue weighted by Gasteiger charge is -2.21. The predicted molar refractivity (Wildman–Crippen MR) is 93.1 cm³/mol. The van der Waals surface area contributed by atoms with Crippen molar-refractivity contribution in [3.8, 4) is 0 Å². The molecule has 0 bridgehead atoms. The Balaban J connectivity index is 2.34. The third-order valence-electron chi connectivity index (χ3n) is 3.07. The fourth-order valence-electron chi connectivity index (χ4n) is 2.03. The summed E-state index contributed by atoms with van der Waals surface area (Å²) in [5.41, 5.74) is 0.254. The van der Waals surface area contributed by atoms with Gasteiger partial charge in [-0.1, -0.05) is 0 Å². The number of nitrogens with zero attached hydrogens (tertiary/aromatic N) is 3. The Labute approximate surface area is 144 Å². The number of rotatable bonds is 5. The van der Waals surface area contributed by atoms with Gasteiger partial charge in [0.15, 0.2) is 0 Å². The van der Waals surface area contributed by atoms with E-state index >= 15 is 0 Å². The van der Waals surface area contributed by atoms with E-state index in [2.05, 4.69) is 25.3 Å². The normalized spacial score (nSPS) is 10.9. The quantitative estimate of drug-likeness (QED) is 0.482. The summed E-state index contributed by atoms with van der Waals surface area (Å²) in [5, 5.41) is 17.4. The van der Waals surface area contributed by atoms with Crippen LogP contribution >= 0.6 is 0 Å². The van der Waals surface area contributed by atoms with Crippen LogP contribution in [0.5, 0.6) is 0 Å². The lowest BCUT2D eigenvalue weighted by atomic mass is 10.1. The van der Waals surface area contributed by atoms with Crippen LogP contribution in [0, 0.1) is 10.1 Å². The summed E-state index contributed by atoms with van der Waals surface area (Å²) in [5.74, 6) is -0.282. The molecule has 2 N–H and O–H groups in total. The maximum Gasteiger partial charge on any atom is 0.353 e. The molecule has 0 aliphatic rings. The third-order valence-corrected chi connectivity index (χ3v) is 3.07. The highest BCUT2D eigenvalue weighted by atomic mass is 16.6. The van der Waals surface area contributed by atoms with Crippen molar-refractivity contribution >= 4 is 29.0 Å². The monoisotopic (exact) mass is 345 g/mol. The first-order chi connectivity index (χ1) is 11.7. The highest BCUT2D eigenvalue weighted by Gasteiger charge is 2.26. The number of hydrogen-bond donors (Lipinski definition) is 2. The van der Waals surface area contributed by atoms with Crippen LogP contribution < -0.4 is 10.6 Å². The summed E-state index contributed by atoms with van der Waals surface area (Å²) in [6, 6.07) is 6.31. The number of nitro groups is 1. The average Bonchev–Trinajstić information content (AvgIpc) is 2.53. The maximum absolute atomic E-state index is 11.5. The Morgan fingerprint density at radius 2 is 1.76 bits per heavy atom. The van der Waals surface area contributed by atoms with Gasteiger partial charge in [0, 0.05) is 11.2 Å². The summed E-state index contributed by atoms with van der Waals surface area (Å²) in [6.07, 6.45) is 1.24. The van der Waals surface area contributed by atoms with E-state index < -0.39 is 16.4 Å². The number of esters is 1. The maximum atomic E-state index is 11.5. The van der Waals surface area contributed by atoms with Gasteiger partial charge in [0.05, 0.1) is 17.6 Å². The number of anilines is 3. The Morgan fingerprint density at radius 3 is 2.28 bits per heavy atom. The molecule has 1 aromatic carbocycles. The van der Waals surface area contributed by atoms with Crippen LogP contribution in [0.4, 0.5) is 23.0 Å². The SMILES string of the molecule is COC(=O)c1ccc(Nc2ncnc(NC(C)(C)C)c2[N+](=O)[O-])cc1. The molecule has 0 aliphatic heterocycles. The van der Waals surface area contributed by atoms with E-state index in [0.29, 0.717) is 11.3 Å². The summed E-state index contributed by atoms with van der Waals surface area (Å²) in [6.45, 7) is 5.62. The van der Waals surface area contributed by atoms with Crippen molar-refractivity contribution in [3.63, 3.8) is 0 Å². The molecule has 0 amide bonds. The zero-order valence-corrected chi connectivity index (χ0v) is 14.4. The van der Waals surface area contributed by atoms with Gasteiger partial charge in [0.1, 0.15) is 6.33 Å². The van der Waals surface area contributed by atoms with Gasteiger partial charge in [0.2, 0.25) is 11.6 Å². The minimum absolute atomic E-state index is 0.0533. The molecule has 2 rings (SSSR count). The highest BCUT2D eigenvalue weighted by molar-refractivity contribution is 5.89. The van der Waals surface area contributed by atoms with E-state index in [4.69, 9.17) is 0 Å². The van der Waals surface area contributed by atoms with Gasteiger partial charge in [-0.05, 0) is 45.0 Å². The Hall–Kier alpha value is -3.23. The van der Waals surface area contributed by atoms with Crippen molar-refractivity contribution in [2.45, 2.75) is 26.3 Å². The molecular formula is C16H19N5O4. The molecule has 0 aliphatic carbocycles. The van der Waals surface area contributed by atoms with Crippen LogP contribution in [-0.2, 0) is 4.74 Å². The van der Waals surface area contributed by atoms with Crippen LogP contribution in [0.15, 0.2) is 30.6 Å². The van der Waals surface area contributed by atoms with E-state index in [9.17, 15) is 14.9 Å². The molecule has 0 saturated heterocycles. The molecule has 1 heterocycles.